The number of aryl methyl sites for hydroxylation is 2. The standard InChI is InChI=1S/C41H55FN8O3/c1-6-36-33(38(47-31-13-17-53-18-14-31)34-24-46-50(7-2)39(34)48-36)23-44-37(51)21-41(4,5)40(52)45-22-28-11-12-35(42)32(20-28)30-10-8-9-29(19-30)26-49-16-15-43-27(3)25-49/h8-12,19-20,24,27,31,43H,6-7,13-18,21-23,25-26H2,1-5H3,(H,44,51)(H,45,52)(H,47,48)/t27-/m0/s1. The maximum Gasteiger partial charge on any atom is 0.226 e. The van der Waals surface area contributed by atoms with Crippen LogP contribution in [0, 0.1) is 11.2 Å². The van der Waals surface area contributed by atoms with Gasteiger partial charge in [0.05, 0.1) is 22.7 Å². The van der Waals surface area contributed by atoms with E-state index in [1.54, 1.807) is 26.0 Å². The molecule has 0 unspecified atom stereocenters. The van der Waals surface area contributed by atoms with Crippen LogP contribution >= 0.6 is 0 Å². The van der Waals surface area contributed by atoms with E-state index in [0.717, 1.165) is 83.7 Å². The Kier molecular flexibility index (Phi) is 12.4. The number of carbonyl (C=O) groups is 2. The molecule has 2 amide bonds. The van der Waals surface area contributed by atoms with Gasteiger partial charge in [-0.15, -0.1) is 0 Å². The fourth-order valence-electron chi connectivity index (χ4n) is 7.41. The van der Waals surface area contributed by atoms with Crippen molar-refractivity contribution in [2.24, 2.45) is 5.41 Å². The van der Waals surface area contributed by atoms with E-state index in [2.05, 4.69) is 57.2 Å². The van der Waals surface area contributed by atoms with Crippen molar-refractivity contribution in [2.45, 2.75) is 98.6 Å². The first kappa shape index (κ1) is 38.3. The zero-order chi connectivity index (χ0) is 37.5. The molecule has 53 heavy (non-hydrogen) atoms. The predicted octanol–water partition coefficient (Wildman–Crippen LogP) is 5.55. The molecule has 0 spiro atoms. The topological polar surface area (TPSA) is 125 Å². The second-order valence-electron chi connectivity index (χ2n) is 15.1. The summed E-state index contributed by atoms with van der Waals surface area (Å²) in [6.45, 7) is 16.2. The van der Waals surface area contributed by atoms with Gasteiger partial charge in [-0.3, -0.25) is 14.5 Å². The minimum atomic E-state index is -0.982. The summed E-state index contributed by atoms with van der Waals surface area (Å²) in [5.74, 6) is -0.791. The van der Waals surface area contributed by atoms with Gasteiger partial charge >= 0.3 is 0 Å². The van der Waals surface area contributed by atoms with Gasteiger partial charge in [0.25, 0.3) is 0 Å². The van der Waals surface area contributed by atoms with Crippen molar-refractivity contribution in [3.63, 3.8) is 0 Å². The van der Waals surface area contributed by atoms with E-state index in [0.29, 0.717) is 37.8 Å². The van der Waals surface area contributed by atoms with Crippen molar-refractivity contribution in [3.05, 3.63) is 76.9 Å². The molecule has 0 aliphatic carbocycles. The van der Waals surface area contributed by atoms with Gasteiger partial charge in [-0.2, -0.15) is 5.10 Å². The van der Waals surface area contributed by atoms with Gasteiger partial charge < -0.3 is 26.0 Å². The van der Waals surface area contributed by atoms with Gasteiger partial charge in [0.15, 0.2) is 5.65 Å². The van der Waals surface area contributed by atoms with Crippen molar-refractivity contribution < 1.29 is 18.7 Å². The van der Waals surface area contributed by atoms with Crippen molar-refractivity contribution in [2.75, 3.05) is 38.2 Å². The fraction of sp³-hybridized carbons (Fsp3) is 0.512. The molecule has 0 bridgehead atoms. The van der Waals surface area contributed by atoms with Crippen LogP contribution in [0.5, 0.6) is 0 Å². The lowest BCUT2D eigenvalue weighted by Gasteiger charge is -2.31. The summed E-state index contributed by atoms with van der Waals surface area (Å²) < 4.78 is 22.6. The first-order chi connectivity index (χ1) is 25.5. The average molecular weight is 727 g/mol. The zero-order valence-electron chi connectivity index (χ0n) is 31.9. The monoisotopic (exact) mass is 726 g/mol. The number of pyridine rings is 1. The highest BCUT2D eigenvalue weighted by molar-refractivity contribution is 5.92. The van der Waals surface area contributed by atoms with E-state index < -0.39 is 5.41 Å². The molecule has 0 saturated carbocycles. The van der Waals surface area contributed by atoms with Crippen LogP contribution in [0.4, 0.5) is 10.1 Å². The first-order valence-corrected chi connectivity index (χ1v) is 19.1. The van der Waals surface area contributed by atoms with Gasteiger partial charge in [-0.1, -0.05) is 45.0 Å². The minimum Gasteiger partial charge on any atom is -0.381 e. The second kappa shape index (κ2) is 17.2. The van der Waals surface area contributed by atoms with E-state index in [1.165, 1.54) is 6.07 Å². The van der Waals surface area contributed by atoms with Gasteiger partial charge in [0.2, 0.25) is 11.8 Å². The number of piperazine rings is 1. The van der Waals surface area contributed by atoms with Crippen LogP contribution in [0.3, 0.4) is 0 Å². The summed E-state index contributed by atoms with van der Waals surface area (Å²) in [6, 6.07) is 13.7. The molecule has 6 rings (SSSR count). The van der Waals surface area contributed by atoms with Gasteiger partial charge in [-0.25, -0.2) is 14.1 Å². The lowest BCUT2D eigenvalue weighted by Crippen LogP contribution is -2.48. The number of benzene rings is 2. The van der Waals surface area contributed by atoms with Gasteiger partial charge in [-0.05, 0) is 68.0 Å². The number of hydrogen-bond acceptors (Lipinski definition) is 8. The molecule has 2 fully saturated rings. The van der Waals surface area contributed by atoms with E-state index in [9.17, 15) is 9.59 Å². The maximum absolute atomic E-state index is 15.1. The molecule has 4 aromatic rings. The molecule has 12 heteroatoms. The second-order valence-corrected chi connectivity index (χ2v) is 15.1. The smallest absolute Gasteiger partial charge is 0.226 e. The molecule has 2 aliphatic rings. The van der Waals surface area contributed by atoms with E-state index in [-0.39, 0.29) is 43.2 Å². The van der Waals surface area contributed by atoms with E-state index in [4.69, 9.17) is 9.72 Å². The third kappa shape index (κ3) is 9.41. The summed E-state index contributed by atoms with van der Waals surface area (Å²) >= 11 is 0. The number of halogens is 1. The summed E-state index contributed by atoms with van der Waals surface area (Å²) in [7, 11) is 0. The van der Waals surface area contributed by atoms with Crippen LogP contribution < -0.4 is 21.3 Å². The van der Waals surface area contributed by atoms with Crippen molar-refractivity contribution in [3.8, 4) is 11.1 Å². The molecular weight excluding hydrogens is 672 g/mol. The summed E-state index contributed by atoms with van der Waals surface area (Å²) in [5, 5.41) is 18.8. The zero-order valence-corrected chi connectivity index (χ0v) is 31.9. The number of anilines is 1. The van der Waals surface area contributed by atoms with Gasteiger partial charge in [0, 0.05) is 94.4 Å². The molecule has 4 heterocycles. The first-order valence-electron chi connectivity index (χ1n) is 19.1. The third-order valence-corrected chi connectivity index (χ3v) is 10.4. The van der Waals surface area contributed by atoms with Crippen molar-refractivity contribution in [1.29, 1.82) is 0 Å². The minimum absolute atomic E-state index is 0.000222. The van der Waals surface area contributed by atoms with Crippen LogP contribution in [0.25, 0.3) is 22.2 Å². The van der Waals surface area contributed by atoms with Crippen molar-refractivity contribution >= 4 is 28.5 Å². The number of nitrogens with zero attached hydrogens (tertiary/aromatic N) is 4. The largest absolute Gasteiger partial charge is 0.381 e. The Balaban J connectivity index is 1.09. The number of rotatable bonds is 14. The quantitative estimate of drug-likeness (QED) is 0.133. The summed E-state index contributed by atoms with van der Waals surface area (Å²) in [4.78, 5) is 34.3. The van der Waals surface area contributed by atoms with E-state index in [1.807, 2.05) is 29.9 Å². The molecule has 11 nitrogen and oxygen atoms in total. The normalized spacial score (nSPS) is 17.2. The molecule has 0 radical (unpaired) electrons. The van der Waals surface area contributed by atoms with Crippen molar-refractivity contribution in [1.82, 2.24) is 35.6 Å². The Bertz CT molecular complexity index is 1900. The lowest BCUT2D eigenvalue weighted by atomic mass is 9.87. The van der Waals surface area contributed by atoms with E-state index >= 15 is 4.39 Å². The van der Waals surface area contributed by atoms with Crippen LogP contribution in [0.2, 0.25) is 0 Å². The predicted molar refractivity (Wildman–Crippen MR) is 207 cm³/mol. The average Bonchev–Trinajstić information content (AvgIpc) is 3.57. The highest BCUT2D eigenvalue weighted by atomic mass is 19.1. The number of carbonyl (C=O) groups excluding carboxylic acids is 2. The van der Waals surface area contributed by atoms with Gasteiger partial charge in [0.1, 0.15) is 5.82 Å². The van der Waals surface area contributed by atoms with Crippen LogP contribution in [0.1, 0.15) is 76.3 Å². The fourth-order valence-corrected chi connectivity index (χ4v) is 7.41. The molecule has 2 aliphatic heterocycles. The summed E-state index contributed by atoms with van der Waals surface area (Å²) in [5.41, 5.74) is 5.86. The molecule has 2 saturated heterocycles. The maximum atomic E-state index is 15.1. The van der Waals surface area contributed by atoms with Crippen LogP contribution in [-0.2, 0) is 46.9 Å². The van der Waals surface area contributed by atoms with Crippen LogP contribution in [0.15, 0.2) is 48.7 Å². The number of fused-ring (bicyclic) bond motifs is 1. The van der Waals surface area contributed by atoms with Crippen LogP contribution in [-0.4, -0.2) is 76.4 Å². The number of aromatic nitrogens is 3. The Morgan fingerprint density at radius 2 is 1.87 bits per heavy atom. The Morgan fingerprint density at radius 3 is 2.62 bits per heavy atom. The molecule has 284 valence electrons. The molecule has 1 atom stereocenters. The highest BCUT2D eigenvalue weighted by Crippen LogP contribution is 2.32. The number of amides is 2. The molecular formula is C41H55FN8O3. The highest BCUT2D eigenvalue weighted by Gasteiger charge is 2.31. The number of hydrogen-bond donors (Lipinski definition) is 4. The lowest BCUT2D eigenvalue weighted by molar-refractivity contribution is -0.134. The molecule has 4 N–H and O–H groups in total. The Morgan fingerprint density at radius 1 is 1.06 bits per heavy atom. The summed E-state index contributed by atoms with van der Waals surface area (Å²) in [6.07, 6.45) is 4.33. The third-order valence-electron chi connectivity index (χ3n) is 10.4. The number of ether oxygens (including phenoxy) is 1. The number of nitrogens with one attached hydrogen (secondary N) is 4. The Labute approximate surface area is 312 Å². The molecule has 2 aromatic carbocycles. The Hall–Kier alpha value is -4.39. The SMILES string of the molecule is CCc1nc2c(cnn2CC)c(NC2CCOCC2)c1CNC(=O)CC(C)(C)C(=O)NCc1ccc(F)c(-c2cccc(CN3CCN[C@@H](C)C3)c2)c1. The molecule has 2 aromatic heterocycles.